The zero-order chi connectivity index (χ0) is 10.4. The molecular weight excluding hydrogens is 178 g/mol. The van der Waals surface area contributed by atoms with Crippen LogP contribution in [0.2, 0.25) is 0 Å². The summed E-state index contributed by atoms with van der Waals surface area (Å²) < 4.78 is 0. The number of rotatable bonds is 4. The molecule has 0 spiro atoms. The molecule has 1 saturated heterocycles. The van der Waals surface area contributed by atoms with Crippen LogP contribution in [0, 0.1) is 0 Å². The van der Waals surface area contributed by atoms with Gasteiger partial charge in [-0.1, -0.05) is 5.11 Å². The van der Waals surface area contributed by atoms with Crippen LogP contribution in [0.15, 0.2) is 5.11 Å². The number of hydrogen-bond acceptors (Lipinski definition) is 3. The van der Waals surface area contributed by atoms with Crippen LogP contribution >= 0.6 is 0 Å². The van der Waals surface area contributed by atoms with Crippen LogP contribution in [0.5, 0.6) is 0 Å². The molecule has 0 bridgehead atoms. The molecule has 0 unspecified atom stereocenters. The van der Waals surface area contributed by atoms with Gasteiger partial charge in [0.1, 0.15) is 0 Å². The summed E-state index contributed by atoms with van der Waals surface area (Å²) >= 11 is 0. The molecule has 0 saturated carbocycles. The molecular formula is C9H19N5. The lowest BCUT2D eigenvalue weighted by Crippen LogP contribution is -2.49. The maximum Gasteiger partial charge on any atom is 0.0385 e. The summed E-state index contributed by atoms with van der Waals surface area (Å²) in [7, 11) is 0. The Kier molecular flexibility index (Phi) is 4.73. The van der Waals surface area contributed by atoms with E-state index in [1.807, 2.05) is 0 Å². The minimum Gasteiger partial charge on any atom is -0.301 e. The first-order valence-electron chi connectivity index (χ1n) is 5.21. The van der Waals surface area contributed by atoms with Gasteiger partial charge >= 0.3 is 0 Å². The van der Waals surface area contributed by atoms with Gasteiger partial charge in [0, 0.05) is 50.2 Å². The maximum absolute atomic E-state index is 8.14. The van der Waals surface area contributed by atoms with Gasteiger partial charge in [-0.3, -0.25) is 4.90 Å². The second-order valence-electron chi connectivity index (χ2n) is 3.93. The van der Waals surface area contributed by atoms with Gasteiger partial charge in [-0.05, 0) is 19.4 Å². The largest absolute Gasteiger partial charge is 0.301 e. The Bertz CT molecular complexity index is 201. The SMILES string of the molecule is CC(C)N1CCN(CCN=[N+]=[N-])CC1. The smallest absolute Gasteiger partial charge is 0.0385 e. The molecule has 0 N–H and O–H groups in total. The summed E-state index contributed by atoms with van der Waals surface area (Å²) in [5, 5.41) is 3.55. The highest BCUT2D eigenvalue weighted by Crippen LogP contribution is 2.05. The fourth-order valence-corrected chi connectivity index (χ4v) is 1.73. The molecule has 80 valence electrons. The normalized spacial score (nSPS) is 19.6. The zero-order valence-corrected chi connectivity index (χ0v) is 9.06. The van der Waals surface area contributed by atoms with Gasteiger partial charge in [0.05, 0.1) is 0 Å². The molecule has 0 radical (unpaired) electrons. The lowest BCUT2D eigenvalue weighted by Gasteiger charge is -2.36. The first kappa shape index (κ1) is 11.3. The van der Waals surface area contributed by atoms with Gasteiger partial charge in [-0.15, -0.1) is 0 Å². The number of nitrogens with zero attached hydrogens (tertiary/aromatic N) is 5. The van der Waals surface area contributed by atoms with E-state index in [1.165, 1.54) is 0 Å². The molecule has 1 aliphatic rings. The first-order chi connectivity index (χ1) is 6.74. The molecule has 1 aliphatic heterocycles. The van der Waals surface area contributed by atoms with E-state index >= 15 is 0 Å². The van der Waals surface area contributed by atoms with E-state index < -0.39 is 0 Å². The van der Waals surface area contributed by atoms with Gasteiger partial charge in [-0.25, -0.2) is 0 Å². The Morgan fingerprint density at radius 3 is 2.43 bits per heavy atom. The van der Waals surface area contributed by atoms with Crippen LogP contribution in [0.25, 0.3) is 10.4 Å². The molecule has 5 nitrogen and oxygen atoms in total. The summed E-state index contributed by atoms with van der Waals surface area (Å²) in [5.74, 6) is 0. The highest BCUT2D eigenvalue weighted by Gasteiger charge is 2.17. The number of hydrogen-bond donors (Lipinski definition) is 0. The standard InChI is InChI=1S/C9H19N5/c1-9(2)14-7-5-13(6-8-14)4-3-11-12-10/h9H,3-8H2,1-2H3. The quantitative estimate of drug-likeness (QED) is 0.388. The van der Waals surface area contributed by atoms with Crippen LogP contribution in [0.1, 0.15) is 13.8 Å². The molecule has 0 aromatic carbocycles. The van der Waals surface area contributed by atoms with Crippen molar-refractivity contribution in [1.82, 2.24) is 9.80 Å². The van der Waals surface area contributed by atoms with Gasteiger partial charge in [0.25, 0.3) is 0 Å². The van der Waals surface area contributed by atoms with Crippen LogP contribution in [-0.2, 0) is 0 Å². The lowest BCUT2D eigenvalue weighted by atomic mass is 10.2. The molecule has 5 heteroatoms. The predicted molar refractivity (Wildman–Crippen MR) is 57.2 cm³/mol. The molecule has 1 fully saturated rings. The van der Waals surface area contributed by atoms with Crippen LogP contribution in [-0.4, -0.2) is 55.1 Å². The summed E-state index contributed by atoms with van der Waals surface area (Å²) in [6, 6.07) is 0.647. The second-order valence-corrected chi connectivity index (χ2v) is 3.93. The van der Waals surface area contributed by atoms with E-state index in [-0.39, 0.29) is 0 Å². The highest BCUT2D eigenvalue weighted by atomic mass is 15.3. The molecule has 14 heavy (non-hydrogen) atoms. The Hall–Kier alpha value is -0.770. The molecule has 0 aromatic rings. The first-order valence-corrected chi connectivity index (χ1v) is 5.21. The fourth-order valence-electron chi connectivity index (χ4n) is 1.73. The van der Waals surface area contributed by atoms with Crippen molar-refractivity contribution in [3.8, 4) is 0 Å². The van der Waals surface area contributed by atoms with Crippen LogP contribution in [0.4, 0.5) is 0 Å². The Morgan fingerprint density at radius 2 is 1.93 bits per heavy atom. The van der Waals surface area contributed by atoms with Crippen molar-refractivity contribution >= 4 is 0 Å². The van der Waals surface area contributed by atoms with Crippen molar-refractivity contribution in [3.63, 3.8) is 0 Å². The Morgan fingerprint density at radius 1 is 1.29 bits per heavy atom. The Balaban J connectivity index is 2.18. The number of azide groups is 1. The minimum absolute atomic E-state index is 0.595. The van der Waals surface area contributed by atoms with E-state index in [0.29, 0.717) is 12.6 Å². The Labute approximate surface area is 85.3 Å². The van der Waals surface area contributed by atoms with Crippen LogP contribution < -0.4 is 0 Å². The highest BCUT2D eigenvalue weighted by molar-refractivity contribution is 4.74. The lowest BCUT2D eigenvalue weighted by molar-refractivity contribution is 0.111. The fraction of sp³-hybridized carbons (Fsp3) is 1.00. The second kappa shape index (κ2) is 5.86. The van der Waals surface area contributed by atoms with Gasteiger partial charge in [0.15, 0.2) is 0 Å². The topological polar surface area (TPSA) is 55.2 Å². The third-order valence-electron chi connectivity index (χ3n) is 2.72. The van der Waals surface area contributed by atoms with Crippen LogP contribution in [0.3, 0.4) is 0 Å². The van der Waals surface area contributed by atoms with Gasteiger partial charge < -0.3 is 4.90 Å². The maximum atomic E-state index is 8.14. The van der Waals surface area contributed by atoms with Crippen molar-refractivity contribution in [2.75, 3.05) is 39.3 Å². The molecule has 1 rings (SSSR count). The summed E-state index contributed by atoms with van der Waals surface area (Å²) in [4.78, 5) is 7.58. The van der Waals surface area contributed by atoms with Gasteiger partial charge in [0.2, 0.25) is 0 Å². The van der Waals surface area contributed by atoms with E-state index in [1.54, 1.807) is 0 Å². The monoisotopic (exact) mass is 197 g/mol. The van der Waals surface area contributed by atoms with Crippen molar-refractivity contribution in [1.29, 1.82) is 0 Å². The average molecular weight is 197 g/mol. The molecule has 0 aliphatic carbocycles. The molecule has 1 heterocycles. The van der Waals surface area contributed by atoms with Crippen molar-refractivity contribution in [3.05, 3.63) is 10.4 Å². The van der Waals surface area contributed by atoms with E-state index in [0.717, 1.165) is 32.7 Å². The third-order valence-corrected chi connectivity index (χ3v) is 2.72. The molecule has 0 atom stereocenters. The predicted octanol–water partition coefficient (Wildman–Crippen LogP) is 1.32. The van der Waals surface area contributed by atoms with E-state index in [9.17, 15) is 0 Å². The van der Waals surface area contributed by atoms with E-state index in [2.05, 4.69) is 33.7 Å². The van der Waals surface area contributed by atoms with Gasteiger partial charge in [-0.2, -0.15) is 0 Å². The van der Waals surface area contributed by atoms with Crippen molar-refractivity contribution in [2.45, 2.75) is 19.9 Å². The number of piperazine rings is 1. The summed E-state index contributed by atoms with van der Waals surface area (Å²) in [5.41, 5.74) is 8.14. The summed E-state index contributed by atoms with van der Waals surface area (Å²) in [6.07, 6.45) is 0. The zero-order valence-electron chi connectivity index (χ0n) is 9.06. The van der Waals surface area contributed by atoms with Crippen molar-refractivity contribution in [2.24, 2.45) is 5.11 Å². The average Bonchev–Trinajstić information content (AvgIpc) is 2.19. The molecule has 0 amide bonds. The van der Waals surface area contributed by atoms with E-state index in [4.69, 9.17) is 5.53 Å². The van der Waals surface area contributed by atoms with Crippen molar-refractivity contribution < 1.29 is 0 Å². The summed E-state index contributed by atoms with van der Waals surface area (Å²) in [6.45, 7) is 10.4. The third kappa shape index (κ3) is 3.54. The minimum atomic E-state index is 0.595. The molecule has 0 aromatic heterocycles.